The lowest BCUT2D eigenvalue weighted by molar-refractivity contribution is 0.418. The molecule has 0 saturated heterocycles. The Bertz CT molecular complexity index is 531. The molecule has 5 nitrogen and oxygen atoms in total. The normalized spacial score (nSPS) is 24.7. The molecule has 0 aliphatic rings. The molecule has 134 valence electrons. The van der Waals surface area contributed by atoms with Crippen LogP contribution in [0.5, 0.6) is 0 Å². The van der Waals surface area contributed by atoms with E-state index < -0.39 is 42.3 Å². The van der Waals surface area contributed by atoms with E-state index in [0.29, 0.717) is 0 Å². The molecule has 0 radical (unpaired) electrons. The fourth-order valence-electron chi connectivity index (χ4n) is 1.27. The highest BCUT2D eigenvalue weighted by Crippen LogP contribution is 2.66. The van der Waals surface area contributed by atoms with Gasteiger partial charge in [-0.25, -0.2) is 0 Å². The van der Waals surface area contributed by atoms with Crippen molar-refractivity contribution in [3.8, 4) is 0 Å². The predicted molar refractivity (Wildman–Crippen MR) is 107 cm³/mol. The van der Waals surface area contributed by atoms with Gasteiger partial charge in [0, 0.05) is 20.0 Å². The van der Waals surface area contributed by atoms with Gasteiger partial charge in [-0.15, -0.1) is 0 Å². The van der Waals surface area contributed by atoms with Gasteiger partial charge in [0.2, 0.25) is 6.04 Å². The second-order valence-electron chi connectivity index (χ2n) is 6.46. The van der Waals surface area contributed by atoms with Crippen LogP contribution in [-0.4, -0.2) is 44.2 Å². The minimum Gasteiger partial charge on any atom is -0.424 e. The van der Waals surface area contributed by atoms with Crippen LogP contribution in [0.2, 0.25) is 32.7 Å². The van der Waals surface area contributed by atoms with Crippen molar-refractivity contribution in [2.45, 2.75) is 32.7 Å². The Hall–Kier alpha value is 2.13. The monoisotopic (exact) mass is 482 g/mol. The summed E-state index contributed by atoms with van der Waals surface area (Å²) in [6.45, 7) is 12.4. The number of hydrogen-bond donors (Lipinski definition) is 0. The van der Waals surface area contributed by atoms with E-state index in [-0.39, 0.29) is 0 Å². The second kappa shape index (κ2) is 7.03. The summed E-state index contributed by atoms with van der Waals surface area (Å²) in [6.07, 6.45) is 0. The topological polar surface area (TPSA) is 69.7 Å². The van der Waals surface area contributed by atoms with Crippen LogP contribution < -0.4 is 0 Å². The summed E-state index contributed by atoms with van der Waals surface area (Å²) in [5, 5.41) is 0. The standard InChI is InChI=1S/C8H24Cl3O5P3Si3/c1-17(9,12)20(4,5)15-22(8,19(3,11)14)16-21(6,7)18(2,10)13/h1-8H3. The Balaban J connectivity index is 5.91. The average Bonchev–Trinajstić information content (AvgIpc) is 2.08. The van der Waals surface area contributed by atoms with Crippen molar-refractivity contribution in [2.75, 3.05) is 20.0 Å². The molecule has 0 spiro atoms. The minimum atomic E-state index is -3.51. The smallest absolute Gasteiger partial charge is 0.397 e. The first-order chi connectivity index (χ1) is 9.16. The number of halogens is 3. The zero-order chi connectivity index (χ0) is 18.4. The lowest BCUT2D eigenvalue weighted by Crippen LogP contribution is -2.52. The molecule has 22 heavy (non-hydrogen) atoms. The van der Waals surface area contributed by atoms with Crippen LogP contribution in [0.25, 0.3) is 0 Å². The third-order valence-corrected chi connectivity index (χ3v) is 45.1. The van der Waals surface area contributed by atoms with Crippen LogP contribution in [0.4, 0.5) is 0 Å². The van der Waals surface area contributed by atoms with Gasteiger partial charge in [-0.05, 0) is 32.7 Å². The summed E-state index contributed by atoms with van der Waals surface area (Å²) < 4.78 is 49.2. The molecule has 0 aliphatic carbocycles. The minimum absolute atomic E-state index is 1.35. The third-order valence-electron chi connectivity index (χ3n) is 3.53. The first kappa shape index (κ1) is 24.1. The van der Waals surface area contributed by atoms with Crippen molar-refractivity contribution in [1.82, 2.24) is 0 Å². The van der Waals surface area contributed by atoms with Gasteiger partial charge >= 0.3 is 8.23 Å². The van der Waals surface area contributed by atoms with E-state index >= 15 is 0 Å². The summed E-state index contributed by atoms with van der Waals surface area (Å²) in [6, 6.07) is -9.47. The maximum absolute atomic E-state index is 12.6. The van der Waals surface area contributed by atoms with Crippen molar-refractivity contribution in [3.63, 3.8) is 0 Å². The highest BCUT2D eigenvalue weighted by molar-refractivity contribution is 8.19. The molecule has 14 heteroatoms. The molecule has 0 N–H and O–H groups in total. The van der Waals surface area contributed by atoms with E-state index in [4.69, 9.17) is 42.0 Å². The predicted octanol–water partition coefficient (Wildman–Crippen LogP) is 6.43. The van der Waals surface area contributed by atoms with Crippen LogP contribution in [0, 0.1) is 0 Å². The van der Waals surface area contributed by atoms with Crippen molar-refractivity contribution in [3.05, 3.63) is 0 Å². The van der Waals surface area contributed by atoms with Gasteiger partial charge in [0.05, 0.1) is 0 Å². The van der Waals surface area contributed by atoms with E-state index in [1.54, 1.807) is 32.7 Å². The summed E-state index contributed by atoms with van der Waals surface area (Å²) >= 11 is 18.1. The molecular formula is C8H24Cl3O5P3Si3. The fourth-order valence-corrected chi connectivity index (χ4v) is 30.0. The molecular weight excluding hydrogens is 460 g/mol. The fraction of sp³-hybridized carbons (Fsp3) is 1.00. The van der Waals surface area contributed by atoms with E-state index in [9.17, 15) is 13.7 Å². The van der Waals surface area contributed by atoms with Gasteiger partial charge in [-0.1, -0.05) is 33.7 Å². The van der Waals surface area contributed by atoms with E-state index in [2.05, 4.69) is 0 Å². The van der Waals surface area contributed by atoms with Crippen LogP contribution in [0.3, 0.4) is 0 Å². The molecule has 3 atom stereocenters. The van der Waals surface area contributed by atoms with E-state index in [1.165, 1.54) is 20.0 Å². The lowest BCUT2D eigenvalue weighted by atomic mass is 11.9. The maximum atomic E-state index is 12.6. The molecule has 0 aromatic carbocycles. The van der Waals surface area contributed by atoms with E-state index in [1.807, 2.05) is 0 Å². The average molecular weight is 484 g/mol. The molecule has 3 unspecified atom stereocenters. The Morgan fingerprint density at radius 3 is 1.00 bits per heavy atom. The Morgan fingerprint density at radius 1 is 0.636 bits per heavy atom. The van der Waals surface area contributed by atoms with Crippen LogP contribution >= 0.6 is 51.8 Å². The molecule has 0 heterocycles. The van der Waals surface area contributed by atoms with Gasteiger partial charge in [-0.3, -0.25) is 0 Å². The van der Waals surface area contributed by atoms with Gasteiger partial charge < -0.3 is 21.9 Å². The summed E-state index contributed by atoms with van der Waals surface area (Å²) in [4.78, 5) is 0. The van der Waals surface area contributed by atoms with Crippen LogP contribution in [-0.2, 0) is 21.9 Å². The first-order valence-corrected chi connectivity index (χ1v) is 26.2. The van der Waals surface area contributed by atoms with Crippen molar-refractivity contribution < 1.29 is 21.9 Å². The number of hydrogen-bond acceptors (Lipinski definition) is 5. The molecule has 0 aromatic heterocycles. The summed E-state index contributed by atoms with van der Waals surface area (Å²) in [5.74, 6) is 0. The lowest BCUT2D eigenvalue weighted by Gasteiger charge is -2.41. The second-order valence-corrected chi connectivity index (χ2v) is 45.5. The quantitative estimate of drug-likeness (QED) is 0.308. The Kier molecular flexibility index (Phi) is 7.72. The molecule has 0 saturated carbocycles. The summed E-state index contributed by atoms with van der Waals surface area (Å²) in [5.41, 5.74) is 0. The molecule has 0 aromatic rings. The number of rotatable bonds is 7. The zero-order valence-corrected chi connectivity index (χ0v) is 22.0. The van der Waals surface area contributed by atoms with Gasteiger partial charge in [-0.2, -0.15) is 0 Å². The van der Waals surface area contributed by atoms with E-state index in [0.717, 1.165) is 0 Å². The molecule has 0 bridgehead atoms. The SMILES string of the molecule is C[Si](C)(O[Si](C)(O[Si](C)(C)P(C)(=O)Cl)P(C)(=O)Cl)P(C)(=O)Cl. The van der Waals surface area contributed by atoms with Crippen molar-refractivity contribution in [2.24, 2.45) is 0 Å². The van der Waals surface area contributed by atoms with Crippen LogP contribution in [0.1, 0.15) is 0 Å². The highest BCUT2D eigenvalue weighted by Gasteiger charge is 2.59. The first-order valence-electron chi connectivity index (χ1n) is 6.38. The van der Waals surface area contributed by atoms with Crippen molar-refractivity contribution in [1.29, 1.82) is 0 Å². The largest absolute Gasteiger partial charge is 0.424 e. The Morgan fingerprint density at radius 2 is 0.864 bits per heavy atom. The molecule has 0 amide bonds. The zero-order valence-electron chi connectivity index (χ0n) is 14.0. The van der Waals surface area contributed by atoms with Gasteiger partial charge in [0.15, 0.2) is 12.1 Å². The third kappa shape index (κ3) is 5.84. The Labute approximate surface area is 150 Å². The van der Waals surface area contributed by atoms with Gasteiger partial charge in [0.25, 0.3) is 16.0 Å². The van der Waals surface area contributed by atoms with Gasteiger partial charge in [0.1, 0.15) is 0 Å². The molecule has 0 rings (SSSR count). The van der Waals surface area contributed by atoms with Crippen LogP contribution in [0.15, 0.2) is 0 Å². The maximum Gasteiger partial charge on any atom is 0.397 e. The van der Waals surface area contributed by atoms with Crippen molar-refractivity contribution >= 4 is 76.0 Å². The highest BCUT2D eigenvalue weighted by atomic mass is 35.7. The molecule has 0 fully saturated rings. The molecule has 0 aliphatic heterocycles. The summed E-state index contributed by atoms with van der Waals surface area (Å²) in [7, 11) is -9.35.